The summed E-state index contributed by atoms with van der Waals surface area (Å²) >= 11 is 0. The molecule has 2 atom stereocenters. The summed E-state index contributed by atoms with van der Waals surface area (Å²) in [4.78, 5) is 11.8. The molecule has 0 aromatic heterocycles. The van der Waals surface area contributed by atoms with Crippen LogP contribution in [-0.4, -0.2) is 18.7 Å². The fourth-order valence-electron chi connectivity index (χ4n) is 3.50. The van der Waals surface area contributed by atoms with Gasteiger partial charge in [0.05, 0.1) is 12.8 Å². The molecule has 116 valence electrons. The number of rotatable bonds is 5. The molecule has 0 saturated heterocycles. The standard InChI is InChI=1S/C18H23N3O/c1-18(2)14-9-8-13(16(18)10-14)11-20-21-17(22)12-19-15-6-4-3-5-7-15/h3-8,11,14,16,19H,9-10,12H2,1-2H3,(H,21,22)/t14-,16+/m0/s1. The summed E-state index contributed by atoms with van der Waals surface area (Å²) in [5.41, 5.74) is 5.17. The zero-order valence-electron chi connectivity index (χ0n) is 13.2. The summed E-state index contributed by atoms with van der Waals surface area (Å²) in [7, 11) is 0. The Bertz CT molecular complexity index is 604. The molecule has 2 bridgehead atoms. The Balaban J connectivity index is 1.46. The number of hydrazone groups is 1. The van der Waals surface area contributed by atoms with Crippen molar-refractivity contribution in [3.63, 3.8) is 0 Å². The van der Waals surface area contributed by atoms with E-state index in [0.717, 1.165) is 18.0 Å². The van der Waals surface area contributed by atoms with E-state index in [9.17, 15) is 4.79 Å². The molecule has 22 heavy (non-hydrogen) atoms. The van der Waals surface area contributed by atoms with Crippen molar-refractivity contribution in [3.05, 3.63) is 42.0 Å². The van der Waals surface area contributed by atoms with Crippen LogP contribution in [0.15, 0.2) is 47.1 Å². The molecule has 1 amide bonds. The molecule has 1 fully saturated rings. The minimum atomic E-state index is -0.137. The SMILES string of the molecule is CC1(C)[C@H]2CC=C(C=NNC(=O)CNc3ccccc3)[C@H]1C2. The van der Waals surface area contributed by atoms with Gasteiger partial charge in [-0.2, -0.15) is 5.10 Å². The molecule has 0 radical (unpaired) electrons. The Morgan fingerprint density at radius 1 is 1.36 bits per heavy atom. The number of amides is 1. The van der Waals surface area contributed by atoms with Gasteiger partial charge in [-0.05, 0) is 47.8 Å². The largest absolute Gasteiger partial charge is 0.376 e. The van der Waals surface area contributed by atoms with Gasteiger partial charge in [-0.3, -0.25) is 4.79 Å². The fourth-order valence-corrected chi connectivity index (χ4v) is 3.50. The molecule has 2 N–H and O–H groups in total. The normalized spacial score (nSPS) is 25.3. The molecule has 4 rings (SSSR count). The zero-order valence-corrected chi connectivity index (χ0v) is 13.2. The molecule has 1 saturated carbocycles. The monoisotopic (exact) mass is 297 g/mol. The number of nitrogens with one attached hydrogen (secondary N) is 2. The Labute approximate surface area is 131 Å². The minimum absolute atomic E-state index is 0.137. The van der Waals surface area contributed by atoms with E-state index in [0.29, 0.717) is 11.3 Å². The summed E-state index contributed by atoms with van der Waals surface area (Å²) in [5, 5.41) is 7.18. The molecular formula is C18H23N3O. The molecule has 1 aromatic carbocycles. The highest BCUT2D eigenvalue weighted by atomic mass is 16.2. The maximum absolute atomic E-state index is 11.8. The third-order valence-corrected chi connectivity index (χ3v) is 5.14. The second-order valence-electron chi connectivity index (χ2n) is 6.76. The van der Waals surface area contributed by atoms with Crippen LogP contribution >= 0.6 is 0 Å². The van der Waals surface area contributed by atoms with E-state index in [2.05, 4.69) is 35.8 Å². The Morgan fingerprint density at radius 2 is 2.14 bits per heavy atom. The minimum Gasteiger partial charge on any atom is -0.376 e. The first-order valence-electron chi connectivity index (χ1n) is 7.88. The predicted molar refractivity (Wildman–Crippen MR) is 89.6 cm³/mol. The highest BCUT2D eigenvalue weighted by Crippen LogP contribution is 2.58. The van der Waals surface area contributed by atoms with Crippen molar-refractivity contribution in [1.29, 1.82) is 0 Å². The Morgan fingerprint density at radius 3 is 2.82 bits per heavy atom. The van der Waals surface area contributed by atoms with Crippen LogP contribution in [0, 0.1) is 17.3 Å². The number of hydrogen-bond acceptors (Lipinski definition) is 3. The molecule has 4 heteroatoms. The lowest BCUT2D eigenvalue weighted by molar-refractivity contribution is -0.119. The molecule has 0 heterocycles. The highest BCUT2D eigenvalue weighted by Gasteiger charge is 2.50. The van der Waals surface area contributed by atoms with E-state index in [-0.39, 0.29) is 12.5 Å². The van der Waals surface area contributed by atoms with Gasteiger partial charge in [0.15, 0.2) is 0 Å². The summed E-state index contributed by atoms with van der Waals surface area (Å²) in [6.07, 6.45) is 6.48. The highest BCUT2D eigenvalue weighted by molar-refractivity contribution is 5.84. The van der Waals surface area contributed by atoms with Crippen molar-refractivity contribution >= 4 is 17.8 Å². The van der Waals surface area contributed by atoms with Gasteiger partial charge in [-0.25, -0.2) is 5.43 Å². The number of carbonyl (C=O) groups excluding carboxylic acids is 1. The van der Waals surface area contributed by atoms with E-state index in [1.807, 2.05) is 36.5 Å². The Kier molecular flexibility index (Phi) is 4.01. The molecular weight excluding hydrogens is 274 g/mol. The molecule has 4 nitrogen and oxygen atoms in total. The lowest BCUT2D eigenvalue weighted by Crippen LogP contribution is -2.48. The van der Waals surface area contributed by atoms with Gasteiger partial charge in [-0.1, -0.05) is 38.1 Å². The summed E-state index contributed by atoms with van der Waals surface area (Å²) < 4.78 is 0. The van der Waals surface area contributed by atoms with Crippen molar-refractivity contribution in [2.45, 2.75) is 26.7 Å². The van der Waals surface area contributed by atoms with E-state index < -0.39 is 0 Å². The van der Waals surface area contributed by atoms with Crippen LogP contribution < -0.4 is 10.7 Å². The molecule has 0 unspecified atom stereocenters. The second-order valence-corrected chi connectivity index (χ2v) is 6.76. The first-order chi connectivity index (χ1) is 10.6. The summed E-state index contributed by atoms with van der Waals surface area (Å²) in [5.74, 6) is 1.27. The maximum atomic E-state index is 11.8. The van der Waals surface area contributed by atoms with Crippen molar-refractivity contribution in [2.24, 2.45) is 22.4 Å². The fraction of sp³-hybridized carbons (Fsp3) is 0.444. The van der Waals surface area contributed by atoms with E-state index >= 15 is 0 Å². The average molecular weight is 297 g/mol. The lowest BCUT2D eigenvalue weighted by atomic mass is 9.49. The van der Waals surface area contributed by atoms with Crippen LogP contribution in [0.2, 0.25) is 0 Å². The van der Waals surface area contributed by atoms with Crippen LogP contribution in [0.3, 0.4) is 0 Å². The third-order valence-electron chi connectivity index (χ3n) is 5.14. The Hall–Kier alpha value is -2.10. The topological polar surface area (TPSA) is 53.5 Å². The lowest BCUT2D eigenvalue weighted by Gasteiger charge is -2.55. The number of benzene rings is 1. The van der Waals surface area contributed by atoms with Gasteiger partial charge in [0.2, 0.25) is 0 Å². The zero-order chi connectivity index (χ0) is 15.6. The number of allylic oxidation sites excluding steroid dienone is 2. The number of para-hydroxylation sites is 1. The number of fused-ring (bicyclic) bond motifs is 1. The van der Waals surface area contributed by atoms with Crippen molar-refractivity contribution < 1.29 is 4.79 Å². The molecule has 3 aliphatic rings. The van der Waals surface area contributed by atoms with Crippen LogP contribution in [0.25, 0.3) is 0 Å². The molecule has 3 aliphatic carbocycles. The van der Waals surface area contributed by atoms with Crippen molar-refractivity contribution in [1.82, 2.24) is 5.43 Å². The van der Waals surface area contributed by atoms with Gasteiger partial charge in [0.25, 0.3) is 5.91 Å². The van der Waals surface area contributed by atoms with Crippen LogP contribution in [-0.2, 0) is 4.79 Å². The van der Waals surface area contributed by atoms with Gasteiger partial charge in [-0.15, -0.1) is 0 Å². The third kappa shape index (κ3) is 2.91. The summed E-state index contributed by atoms with van der Waals surface area (Å²) in [6.45, 7) is 4.88. The first kappa shape index (κ1) is 14.8. The van der Waals surface area contributed by atoms with Gasteiger partial charge in [0.1, 0.15) is 0 Å². The maximum Gasteiger partial charge on any atom is 0.259 e. The molecule has 0 aliphatic heterocycles. The quantitative estimate of drug-likeness (QED) is 0.648. The smallest absolute Gasteiger partial charge is 0.259 e. The van der Waals surface area contributed by atoms with E-state index in [4.69, 9.17) is 0 Å². The predicted octanol–water partition coefficient (Wildman–Crippen LogP) is 3.19. The van der Waals surface area contributed by atoms with Crippen LogP contribution in [0.5, 0.6) is 0 Å². The van der Waals surface area contributed by atoms with Gasteiger partial charge in [0, 0.05) is 5.69 Å². The molecule has 1 aromatic rings. The first-order valence-corrected chi connectivity index (χ1v) is 7.88. The van der Waals surface area contributed by atoms with Crippen molar-refractivity contribution in [3.8, 4) is 0 Å². The number of anilines is 1. The van der Waals surface area contributed by atoms with Gasteiger partial charge < -0.3 is 5.32 Å². The van der Waals surface area contributed by atoms with Gasteiger partial charge >= 0.3 is 0 Å². The number of hydrogen-bond donors (Lipinski definition) is 2. The van der Waals surface area contributed by atoms with E-state index in [1.54, 1.807) is 0 Å². The van der Waals surface area contributed by atoms with Crippen LogP contribution in [0.1, 0.15) is 26.7 Å². The van der Waals surface area contributed by atoms with E-state index in [1.165, 1.54) is 12.0 Å². The number of carbonyl (C=O) groups is 1. The van der Waals surface area contributed by atoms with Crippen molar-refractivity contribution in [2.75, 3.05) is 11.9 Å². The number of nitrogens with zero attached hydrogens (tertiary/aromatic N) is 1. The second kappa shape index (κ2) is 5.95. The average Bonchev–Trinajstić information content (AvgIpc) is 2.54. The summed E-state index contributed by atoms with van der Waals surface area (Å²) in [6, 6.07) is 9.67. The van der Waals surface area contributed by atoms with Crippen LogP contribution in [0.4, 0.5) is 5.69 Å². The molecule has 0 spiro atoms.